The van der Waals surface area contributed by atoms with Crippen LogP contribution in [0, 0.1) is 13.8 Å². The van der Waals surface area contributed by atoms with Crippen LogP contribution in [0.15, 0.2) is 29.1 Å². The number of carbonyl (C=O) groups is 1. The number of thiophene rings is 1. The lowest BCUT2D eigenvalue weighted by atomic mass is 10.1. The molecule has 2 unspecified atom stereocenters. The zero-order chi connectivity index (χ0) is 22.7. The summed E-state index contributed by atoms with van der Waals surface area (Å²) in [7, 11) is 3.93. The molecule has 3 rings (SSSR count). The normalized spacial score (nSPS) is 13.5. The summed E-state index contributed by atoms with van der Waals surface area (Å²) in [6.07, 6.45) is 0. The number of hydrogen-bond acceptors (Lipinski definition) is 6. The summed E-state index contributed by atoms with van der Waals surface area (Å²) in [6, 6.07) is 7.64. The van der Waals surface area contributed by atoms with Crippen LogP contribution in [0.25, 0.3) is 10.2 Å². The van der Waals surface area contributed by atoms with Gasteiger partial charge in [0.15, 0.2) is 0 Å². The zero-order valence-electron chi connectivity index (χ0n) is 18.3. The van der Waals surface area contributed by atoms with Crippen LogP contribution in [0.4, 0.5) is 0 Å². The number of nitrogens with one attached hydrogen (secondary N) is 2. The molecule has 2 heterocycles. The highest BCUT2D eigenvalue weighted by atomic mass is 35.5. The molecule has 1 aromatic carbocycles. The average molecular weight is 479 g/mol. The van der Waals surface area contributed by atoms with Crippen molar-refractivity contribution in [2.75, 3.05) is 20.6 Å². The van der Waals surface area contributed by atoms with Crippen LogP contribution in [0.3, 0.4) is 0 Å². The molecular formula is C22H27ClN4O2S2. The third kappa shape index (κ3) is 5.49. The van der Waals surface area contributed by atoms with Gasteiger partial charge in [-0.2, -0.15) is 0 Å². The number of amides is 1. The van der Waals surface area contributed by atoms with Crippen molar-refractivity contribution in [1.82, 2.24) is 20.2 Å². The van der Waals surface area contributed by atoms with Gasteiger partial charge in [0.25, 0.3) is 5.56 Å². The quantitative estimate of drug-likeness (QED) is 0.504. The Kier molecular flexibility index (Phi) is 7.80. The van der Waals surface area contributed by atoms with Gasteiger partial charge in [-0.3, -0.25) is 9.59 Å². The fourth-order valence-corrected chi connectivity index (χ4v) is 5.39. The van der Waals surface area contributed by atoms with E-state index in [9.17, 15) is 9.59 Å². The standard InChI is InChI=1S/C22H27ClN4O2S2/c1-12-13(2)31-22-19(12)21(29)25-18(26-22)11-30-14(3)20(28)24-10-17(27(4)5)15-8-6-7-9-16(15)23/h6-9,14,17H,10-11H2,1-5H3,(H,24,28)(H,25,26,29). The highest BCUT2D eigenvalue weighted by molar-refractivity contribution is 7.99. The van der Waals surface area contributed by atoms with E-state index in [0.717, 1.165) is 20.8 Å². The summed E-state index contributed by atoms with van der Waals surface area (Å²) in [5, 5.41) is 4.08. The van der Waals surface area contributed by atoms with Crippen LogP contribution in [0.5, 0.6) is 0 Å². The van der Waals surface area contributed by atoms with Gasteiger partial charge in [-0.15, -0.1) is 23.1 Å². The van der Waals surface area contributed by atoms with Crippen LogP contribution in [-0.4, -0.2) is 46.7 Å². The predicted octanol–water partition coefficient (Wildman–Crippen LogP) is 4.30. The second kappa shape index (κ2) is 10.2. The molecule has 0 saturated carbocycles. The van der Waals surface area contributed by atoms with Gasteiger partial charge in [0.1, 0.15) is 10.7 Å². The lowest BCUT2D eigenvalue weighted by molar-refractivity contribution is -0.120. The summed E-state index contributed by atoms with van der Waals surface area (Å²) < 4.78 is 0. The number of carbonyl (C=O) groups excluding carboxylic acids is 1. The van der Waals surface area contributed by atoms with Crippen molar-refractivity contribution >= 4 is 50.8 Å². The number of hydrogen-bond donors (Lipinski definition) is 2. The summed E-state index contributed by atoms with van der Waals surface area (Å²) in [5.41, 5.74) is 1.84. The minimum absolute atomic E-state index is 0.0272. The molecule has 0 bridgehead atoms. The minimum Gasteiger partial charge on any atom is -0.353 e. The number of fused-ring (bicyclic) bond motifs is 1. The number of H-pyrrole nitrogens is 1. The van der Waals surface area contributed by atoms with E-state index in [2.05, 4.69) is 15.3 Å². The lowest BCUT2D eigenvalue weighted by Crippen LogP contribution is -2.38. The van der Waals surface area contributed by atoms with Crippen molar-refractivity contribution in [3.05, 3.63) is 61.5 Å². The highest BCUT2D eigenvalue weighted by Crippen LogP contribution is 2.27. The third-order valence-corrected chi connectivity index (χ3v) is 7.88. The van der Waals surface area contributed by atoms with Gasteiger partial charge in [-0.1, -0.05) is 29.8 Å². The van der Waals surface area contributed by atoms with Gasteiger partial charge in [0.2, 0.25) is 5.91 Å². The third-order valence-electron chi connectivity index (χ3n) is 5.28. The van der Waals surface area contributed by atoms with E-state index in [0.29, 0.717) is 28.5 Å². The van der Waals surface area contributed by atoms with Gasteiger partial charge >= 0.3 is 0 Å². The number of likely N-dealkylation sites (N-methyl/N-ethyl adjacent to an activating group) is 1. The summed E-state index contributed by atoms with van der Waals surface area (Å²) in [5.74, 6) is 0.984. The molecule has 2 N–H and O–H groups in total. The molecule has 0 spiro atoms. The Hall–Kier alpha value is -1.87. The maximum Gasteiger partial charge on any atom is 0.259 e. The van der Waals surface area contributed by atoms with Crippen molar-refractivity contribution in [2.45, 2.75) is 37.8 Å². The van der Waals surface area contributed by atoms with Crippen molar-refractivity contribution in [2.24, 2.45) is 0 Å². The monoisotopic (exact) mass is 478 g/mol. The Morgan fingerprint density at radius 3 is 2.71 bits per heavy atom. The largest absolute Gasteiger partial charge is 0.353 e. The number of nitrogens with zero attached hydrogens (tertiary/aromatic N) is 2. The van der Waals surface area contributed by atoms with Gasteiger partial charge < -0.3 is 15.2 Å². The molecule has 0 radical (unpaired) electrons. The average Bonchev–Trinajstić information content (AvgIpc) is 3.01. The molecule has 6 nitrogen and oxygen atoms in total. The molecule has 2 aromatic heterocycles. The smallest absolute Gasteiger partial charge is 0.259 e. The van der Waals surface area contributed by atoms with E-state index in [-0.39, 0.29) is 22.8 Å². The van der Waals surface area contributed by atoms with E-state index in [1.54, 1.807) is 0 Å². The van der Waals surface area contributed by atoms with Crippen LogP contribution in [-0.2, 0) is 10.5 Å². The van der Waals surface area contributed by atoms with Crippen molar-refractivity contribution in [1.29, 1.82) is 0 Å². The zero-order valence-corrected chi connectivity index (χ0v) is 20.7. The first-order valence-electron chi connectivity index (χ1n) is 9.98. The van der Waals surface area contributed by atoms with Crippen molar-refractivity contribution in [3.63, 3.8) is 0 Å². The fraction of sp³-hybridized carbons (Fsp3) is 0.409. The summed E-state index contributed by atoms with van der Waals surface area (Å²) in [6.45, 7) is 6.24. The van der Waals surface area contributed by atoms with Crippen molar-refractivity contribution in [3.8, 4) is 0 Å². The molecule has 1 amide bonds. The molecular weight excluding hydrogens is 452 g/mol. The number of thioether (sulfide) groups is 1. The van der Waals surface area contributed by atoms with Crippen molar-refractivity contribution < 1.29 is 4.79 Å². The first-order valence-corrected chi connectivity index (χ1v) is 12.2. The first-order chi connectivity index (χ1) is 14.7. The number of aryl methyl sites for hydroxylation is 2. The SMILES string of the molecule is Cc1sc2nc(CSC(C)C(=O)NCC(c3ccccc3Cl)N(C)C)[nH]c(=O)c2c1C. The van der Waals surface area contributed by atoms with Crippen LogP contribution in [0.1, 0.15) is 34.8 Å². The number of benzene rings is 1. The fourth-order valence-electron chi connectivity index (χ4n) is 3.30. The second-order valence-corrected chi connectivity index (χ2v) is 10.6. The minimum atomic E-state index is -0.290. The highest BCUT2D eigenvalue weighted by Gasteiger charge is 2.20. The molecule has 3 aromatic rings. The van der Waals surface area contributed by atoms with Gasteiger partial charge in [-0.25, -0.2) is 4.98 Å². The summed E-state index contributed by atoms with van der Waals surface area (Å²) >= 11 is 9.32. The molecule has 0 saturated heterocycles. The molecule has 31 heavy (non-hydrogen) atoms. The molecule has 0 aliphatic heterocycles. The summed E-state index contributed by atoms with van der Waals surface area (Å²) in [4.78, 5) is 36.4. The van der Waals surface area contributed by atoms with E-state index in [1.165, 1.54) is 23.1 Å². The van der Waals surface area contributed by atoms with Crippen LogP contribution < -0.4 is 10.9 Å². The van der Waals surface area contributed by atoms with Crippen LogP contribution in [0.2, 0.25) is 5.02 Å². The molecule has 9 heteroatoms. The van der Waals surface area contributed by atoms with Gasteiger partial charge in [0.05, 0.1) is 22.4 Å². The van der Waals surface area contributed by atoms with E-state index in [1.807, 2.05) is 64.0 Å². The number of halogens is 1. The maximum atomic E-state index is 12.7. The maximum absolute atomic E-state index is 12.7. The predicted molar refractivity (Wildman–Crippen MR) is 131 cm³/mol. The molecule has 166 valence electrons. The molecule has 2 atom stereocenters. The number of aromatic amines is 1. The van der Waals surface area contributed by atoms with E-state index in [4.69, 9.17) is 11.6 Å². The first kappa shape index (κ1) is 23.8. The van der Waals surface area contributed by atoms with E-state index >= 15 is 0 Å². The Morgan fingerprint density at radius 1 is 1.32 bits per heavy atom. The lowest BCUT2D eigenvalue weighted by Gasteiger charge is -2.26. The molecule has 0 fully saturated rings. The Morgan fingerprint density at radius 2 is 2.03 bits per heavy atom. The van der Waals surface area contributed by atoms with Gasteiger partial charge in [-0.05, 0) is 52.1 Å². The topological polar surface area (TPSA) is 78.1 Å². The van der Waals surface area contributed by atoms with Gasteiger partial charge in [0, 0.05) is 16.4 Å². The number of rotatable bonds is 8. The Labute approximate surface area is 195 Å². The molecule has 0 aliphatic rings. The van der Waals surface area contributed by atoms with Crippen LogP contribution >= 0.6 is 34.7 Å². The second-order valence-electron chi connectivity index (χ2n) is 7.68. The Bertz CT molecular complexity index is 1140. The Balaban J connectivity index is 1.61. The molecule has 0 aliphatic carbocycles. The van der Waals surface area contributed by atoms with E-state index < -0.39 is 0 Å². The number of aromatic nitrogens is 2.